The van der Waals surface area contributed by atoms with E-state index in [1.807, 2.05) is 120 Å². The monoisotopic (exact) mass is 693 g/mol. The molecule has 0 fully saturated rings. The molecule has 6 aromatic rings. The average Bonchev–Trinajstić information content (AvgIpc) is 3.81. The molecule has 2 aromatic heterocycles. The number of aromatic carboxylic acids is 1. The second-order valence-electron chi connectivity index (χ2n) is 12.4. The van der Waals surface area contributed by atoms with Crippen LogP contribution in [-0.4, -0.2) is 39.7 Å². The lowest BCUT2D eigenvalue weighted by atomic mass is 9.94. The Morgan fingerprint density at radius 1 is 0.902 bits per heavy atom. The maximum absolute atomic E-state index is 13.6. The van der Waals surface area contributed by atoms with Crippen LogP contribution in [0.15, 0.2) is 127 Å². The number of nitrogens with one attached hydrogen (secondary N) is 1. The highest BCUT2D eigenvalue weighted by atomic mass is 32.1. The van der Waals surface area contributed by atoms with Gasteiger partial charge in [-0.15, -0.1) is 4.59 Å². The van der Waals surface area contributed by atoms with Crippen LogP contribution in [0.2, 0.25) is 0 Å². The number of pyridine rings is 1. The third-order valence-corrected chi connectivity index (χ3v) is 10.0. The van der Waals surface area contributed by atoms with Crippen LogP contribution in [0.3, 0.4) is 0 Å². The summed E-state index contributed by atoms with van der Waals surface area (Å²) in [6.45, 7) is 1.82. The van der Waals surface area contributed by atoms with E-state index in [0.29, 0.717) is 60.6 Å². The number of hydrogen-bond donors (Lipinski definition) is 2. The molecule has 0 saturated heterocycles. The fourth-order valence-corrected chi connectivity index (χ4v) is 7.48. The zero-order chi connectivity index (χ0) is 34.8. The summed E-state index contributed by atoms with van der Waals surface area (Å²) in [4.78, 5) is 37.7. The van der Waals surface area contributed by atoms with Crippen LogP contribution in [0.1, 0.15) is 43.1 Å². The molecule has 1 unspecified atom stereocenters. The normalized spacial score (nSPS) is 16.3. The Morgan fingerprint density at radius 2 is 1.73 bits per heavy atom. The molecule has 0 radical (unpaired) electrons. The first-order valence-electron chi connectivity index (χ1n) is 16.6. The van der Waals surface area contributed by atoms with E-state index in [1.165, 1.54) is 11.3 Å². The van der Waals surface area contributed by atoms with Gasteiger partial charge in [0.1, 0.15) is 30.9 Å². The number of amides is 1. The molecule has 4 aromatic carbocycles. The minimum Gasteiger partial charge on any atom is -0.489 e. The molecule has 10 nitrogen and oxygen atoms in total. The first-order chi connectivity index (χ1) is 24.9. The van der Waals surface area contributed by atoms with Gasteiger partial charge in [-0.2, -0.15) is 0 Å². The zero-order valence-corrected chi connectivity index (χ0v) is 28.3. The van der Waals surface area contributed by atoms with E-state index in [9.17, 15) is 14.7 Å². The van der Waals surface area contributed by atoms with Crippen molar-refractivity contribution in [1.29, 1.82) is 0 Å². The van der Waals surface area contributed by atoms with Crippen LogP contribution < -0.4 is 19.5 Å². The zero-order valence-electron chi connectivity index (χ0n) is 27.5. The summed E-state index contributed by atoms with van der Waals surface area (Å²) in [5.41, 5.74) is 5.71. The van der Waals surface area contributed by atoms with E-state index in [2.05, 4.69) is 10.3 Å². The Bertz CT molecular complexity index is 2290. The molecule has 2 aliphatic rings. The summed E-state index contributed by atoms with van der Waals surface area (Å²) in [7, 11) is 0. The molecule has 51 heavy (non-hydrogen) atoms. The number of thiazole rings is 1. The summed E-state index contributed by atoms with van der Waals surface area (Å²) in [6, 6.07) is 34.9. The molecular weight excluding hydrogens is 661 g/mol. The van der Waals surface area contributed by atoms with E-state index in [1.54, 1.807) is 12.3 Å². The SMILES string of the molecule is O=C(Nc1nc2ccccc2s1)c1cccc2c1CN(c1ccc([N+]3(Cc4cccc(OCc5ccccc5)c4)C=CC=N3)c(C(=O)O)n1)CC2. The first kappa shape index (κ1) is 32.1. The van der Waals surface area contributed by atoms with E-state index in [-0.39, 0.29) is 16.2 Å². The van der Waals surface area contributed by atoms with Crippen molar-refractivity contribution < 1.29 is 19.4 Å². The van der Waals surface area contributed by atoms with Crippen molar-refractivity contribution >= 4 is 56.3 Å². The number of carbonyl (C=O) groups is 2. The summed E-state index contributed by atoms with van der Waals surface area (Å²) in [5.74, 6) is -0.146. The summed E-state index contributed by atoms with van der Waals surface area (Å²) < 4.78 is 6.98. The molecule has 11 heteroatoms. The lowest BCUT2D eigenvalue weighted by molar-refractivity contribution is 0.0688. The fraction of sp³-hybridized carbons (Fsp3) is 0.125. The minimum atomic E-state index is -1.15. The smallest absolute Gasteiger partial charge is 0.360 e. The van der Waals surface area contributed by atoms with Crippen LogP contribution in [0, 0.1) is 0 Å². The number of aromatic nitrogens is 2. The van der Waals surface area contributed by atoms with E-state index >= 15 is 0 Å². The number of para-hydroxylation sites is 1. The Morgan fingerprint density at radius 3 is 2.55 bits per heavy atom. The lowest BCUT2D eigenvalue weighted by Crippen LogP contribution is -2.38. The van der Waals surface area contributed by atoms with Gasteiger partial charge in [-0.25, -0.2) is 14.8 Å². The van der Waals surface area contributed by atoms with Crippen molar-refractivity contribution in [1.82, 2.24) is 14.6 Å². The van der Waals surface area contributed by atoms with Gasteiger partial charge in [-0.05, 0) is 59.5 Å². The van der Waals surface area contributed by atoms with Crippen molar-refractivity contribution in [3.63, 3.8) is 0 Å². The maximum Gasteiger partial charge on any atom is 0.360 e. The number of hydrogen-bond acceptors (Lipinski definition) is 8. The van der Waals surface area contributed by atoms with Gasteiger partial charge >= 0.3 is 5.97 Å². The molecule has 1 atom stereocenters. The number of allylic oxidation sites excluding steroid dienone is 1. The largest absolute Gasteiger partial charge is 0.489 e. The van der Waals surface area contributed by atoms with E-state index < -0.39 is 5.97 Å². The van der Waals surface area contributed by atoms with Gasteiger partial charge < -0.3 is 14.7 Å². The second kappa shape index (κ2) is 13.6. The van der Waals surface area contributed by atoms with Crippen LogP contribution in [0.25, 0.3) is 10.2 Å². The molecule has 0 saturated carbocycles. The van der Waals surface area contributed by atoms with Crippen molar-refractivity contribution in [2.45, 2.75) is 26.1 Å². The number of nitrogens with zero attached hydrogens (tertiary/aromatic N) is 5. The third kappa shape index (κ3) is 6.60. The van der Waals surface area contributed by atoms with Crippen molar-refractivity contribution in [2.75, 3.05) is 16.8 Å². The van der Waals surface area contributed by atoms with Crippen molar-refractivity contribution in [2.24, 2.45) is 5.10 Å². The molecule has 1 amide bonds. The second-order valence-corrected chi connectivity index (χ2v) is 13.4. The van der Waals surface area contributed by atoms with Gasteiger partial charge in [0.15, 0.2) is 10.8 Å². The number of carboxylic acid groups (broad SMARTS) is 1. The van der Waals surface area contributed by atoms with Gasteiger partial charge in [0, 0.05) is 36.4 Å². The Labute approximate surface area is 298 Å². The highest BCUT2D eigenvalue weighted by molar-refractivity contribution is 7.22. The average molecular weight is 694 g/mol. The fourth-order valence-electron chi connectivity index (χ4n) is 6.62. The summed E-state index contributed by atoms with van der Waals surface area (Å²) >= 11 is 1.43. The Hall–Kier alpha value is -6.17. The minimum absolute atomic E-state index is 0.0830. The van der Waals surface area contributed by atoms with Crippen LogP contribution in [0.4, 0.5) is 16.6 Å². The quantitative estimate of drug-likeness (QED) is 0.141. The summed E-state index contributed by atoms with van der Waals surface area (Å²) in [5, 5.41) is 18.7. The molecule has 0 bridgehead atoms. The number of fused-ring (bicyclic) bond motifs is 2. The maximum atomic E-state index is 13.6. The molecule has 2 N–H and O–H groups in total. The van der Waals surface area contributed by atoms with Gasteiger partial charge in [0.05, 0.1) is 16.4 Å². The Kier molecular flexibility index (Phi) is 8.56. The topological polar surface area (TPSA) is 117 Å². The van der Waals surface area contributed by atoms with Crippen LogP contribution >= 0.6 is 11.3 Å². The third-order valence-electron chi connectivity index (χ3n) is 9.10. The van der Waals surface area contributed by atoms with E-state index in [4.69, 9.17) is 14.8 Å². The predicted octanol–water partition coefficient (Wildman–Crippen LogP) is 7.80. The summed E-state index contributed by atoms with van der Waals surface area (Å²) in [6.07, 6.45) is 6.04. The van der Waals surface area contributed by atoms with Gasteiger partial charge in [-0.3, -0.25) is 10.1 Å². The number of anilines is 2. The van der Waals surface area contributed by atoms with Crippen molar-refractivity contribution in [3.8, 4) is 5.75 Å². The number of carbonyl (C=O) groups excluding carboxylic acids is 1. The molecule has 4 heterocycles. The number of ether oxygens (including phenoxy) is 1. The van der Waals surface area contributed by atoms with Crippen LogP contribution in [-0.2, 0) is 26.1 Å². The molecule has 252 valence electrons. The highest BCUT2D eigenvalue weighted by Gasteiger charge is 2.37. The number of quaternary nitrogens is 1. The first-order valence-corrected chi connectivity index (χ1v) is 17.4. The van der Waals surface area contributed by atoms with E-state index in [0.717, 1.165) is 32.5 Å². The van der Waals surface area contributed by atoms with Gasteiger partial charge in [-0.1, -0.05) is 83.2 Å². The number of carboxylic acids is 1. The molecule has 0 aliphatic carbocycles. The van der Waals surface area contributed by atoms with Gasteiger partial charge in [0.2, 0.25) is 5.69 Å². The molecular formula is C40H33N6O4S+. The van der Waals surface area contributed by atoms with Gasteiger partial charge in [0.25, 0.3) is 5.91 Å². The molecule has 2 aliphatic heterocycles. The highest BCUT2D eigenvalue weighted by Crippen LogP contribution is 2.36. The predicted molar refractivity (Wildman–Crippen MR) is 200 cm³/mol. The van der Waals surface area contributed by atoms with Crippen LogP contribution in [0.5, 0.6) is 5.75 Å². The Balaban J connectivity index is 1.04. The van der Waals surface area contributed by atoms with Crippen molar-refractivity contribution in [3.05, 3.63) is 155 Å². The number of benzene rings is 4. The number of rotatable bonds is 10. The lowest BCUT2D eigenvalue weighted by Gasteiger charge is -2.32. The standard InChI is InChI=1S/C40H32N6O4S/c47-38(44-40-42-33-15-4-5-16-35(33)51-40)31-14-7-12-29-19-21-45(24-32(29)31)36-18-17-34(37(43-36)39(48)49)46(22-8-20-41-46)25-28-11-6-13-30(23-28)50-26-27-9-2-1-3-10-27/h1-18,20,22-23H,19,21,24-26H2,(H-,42,44,47,48,49)/p+1. The molecule has 0 spiro atoms. The molecule has 8 rings (SSSR count).